The zero-order valence-corrected chi connectivity index (χ0v) is 22.1. The number of H-pyrrole nitrogens is 2. The summed E-state index contributed by atoms with van der Waals surface area (Å²) < 4.78 is 12.2. The zero-order valence-electron chi connectivity index (χ0n) is 21.3. The summed E-state index contributed by atoms with van der Waals surface area (Å²) in [6.07, 6.45) is 3.61. The van der Waals surface area contributed by atoms with E-state index in [1.165, 1.54) is 11.3 Å². The molecule has 1 saturated heterocycles. The number of aromatic nitrogens is 6. The van der Waals surface area contributed by atoms with E-state index in [1.807, 2.05) is 23.6 Å². The van der Waals surface area contributed by atoms with Crippen LogP contribution in [-0.4, -0.2) is 68.9 Å². The van der Waals surface area contributed by atoms with Crippen LogP contribution in [0.5, 0.6) is 0 Å². The first-order chi connectivity index (χ1) is 18.5. The Labute approximate surface area is 222 Å². The van der Waals surface area contributed by atoms with Crippen LogP contribution >= 0.6 is 11.3 Å². The molecule has 38 heavy (non-hydrogen) atoms. The standard InChI is InChI=1S/C26H28N8O3S/c1-14-11-34(12-15(2)37-14)19-6-5-17-24(32-19)33-25(30-17)20-21(22-16(7-10-38-22)31-26(20)35)29-18(13-36-3)23-27-8-4-9-28-23/h4-10,14-15,18H,11-13H2,1-3H3,(H2,29,31,35)(H,30,32,33)/t14?,15?,18-/m0/s1. The largest absolute Gasteiger partial charge is 0.382 e. The van der Waals surface area contributed by atoms with Crippen LogP contribution in [-0.2, 0) is 9.47 Å². The molecule has 5 aromatic rings. The summed E-state index contributed by atoms with van der Waals surface area (Å²) in [4.78, 5) is 40.3. The molecule has 12 heteroatoms. The van der Waals surface area contributed by atoms with Gasteiger partial charge in [0.25, 0.3) is 5.56 Å². The molecular weight excluding hydrogens is 504 g/mol. The molecule has 0 amide bonds. The van der Waals surface area contributed by atoms with Crippen molar-refractivity contribution in [1.82, 2.24) is 29.9 Å². The minimum absolute atomic E-state index is 0.118. The number of fused-ring (bicyclic) bond motifs is 2. The highest BCUT2D eigenvalue weighted by atomic mass is 32.1. The Hall–Kier alpha value is -3.87. The lowest BCUT2D eigenvalue weighted by molar-refractivity contribution is -0.00544. The van der Waals surface area contributed by atoms with Crippen LogP contribution in [0.4, 0.5) is 11.5 Å². The fourth-order valence-corrected chi connectivity index (χ4v) is 5.80. The normalized spacial score (nSPS) is 18.8. The fourth-order valence-electron chi connectivity index (χ4n) is 4.93. The number of nitrogens with one attached hydrogen (secondary N) is 3. The number of anilines is 2. The number of ether oxygens (including phenoxy) is 2. The number of pyridine rings is 2. The first-order valence-electron chi connectivity index (χ1n) is 12.4. The third-order valence-corrected chi connectivity index (χ3v) is 7.41. The monoisotopic (exact) mass is 532 g/mol. The highest BCUT2D eigenvalue weighted by Crippen LogP contribution is 2.36. The number of imidazole rings is 1. The van der Waals surface area contributed by atoms with Gasteiger partial charge in [0.2, 0.25) is 0 Å². The van der Waals surface area contributed by atoms with Gasteiger partial charge >= 0.3 is 0 Å². The molecule has 3 atom stereocenters. The van der Waals surface area contributed by atoms with Gasteiger partial charge in [-0.05, 0) is 43.5 Å². The first-order valence-corrected chi connectivity index (χ1v) is 13.3. The van der Waals surface area contributed by atoms with Gasteiger partial charge in [0.05, 0.1) is 34.7 Å². The molecule has 1 fully saturated rings. The van der Waals surface area contributed by atoms with Gasteiger partial charge in [0, 0.05) is 32.6 Å². The number of methoxy groups -OCH3 is 1. The molecule has 6 rings (SSSR count). The predicted octanol–water partition coefficient (Wildman–Crippen LogP) is 3.73. The molecule has 0 aliphatic carbocycles. The van der Waals surface area contributed by atoms with Gasteiger partial charge in [-0.1, -0.05) is 0 Å². The van der Waals surface area contributed by atoms with Crippen LogP contribution in [0, 0.1) is 0 Å². The molecule has 11 nitrogen and oxygen atoms in total. The average Bonchev–Trinajstić information content (AvgIpc) is 3.54. The number of rotatable bonds is 7. The van der Waals surface area contributed by atoms with Crippen molar-refractivity contribution in [3.05, 3.63) is 58.2 Å². The van der Waals surface area contributed by atoms with Gasteiger partial charge in [0.1, 0.15) is 28.8 Å². The molecule has 0 saturated carbocycles. The molecule has 2 unspecified atom stereocenters. The molecule has 196 valence electrons. The molecule has 0 radical (unpaired) electrons. The maximum atomic E-state index is 13.4. The minimum Gasteiger partial charge on any atom is -0.382 e. The van der Waals surface area contributed by atoms with Crippen molar-refractivity contribution in [2.24, 2.45) is 0 Å². The quantitative estimate of drug-likeness (QED) is 0.287. The van der Waals surface area contributed by atoms with E-state index >= 15 is 0 Å². The van der Waals surface area contributed by atoms with E-state index in [0.717, 1.165) is 29.1 Å². The third kappa shape index (κ3) is 4.62. The molecule has 0 spiro atoms. The smallest absolute Gasteiger partial charge is 0.261 e. The Balaban J connectivity index is 1.44. The van der Waals surface area contributed by atoms with Crippen LogP contribution in [0.25, 0.3) is 32.8 Å². The molecule has 0 bridgehead atoms. The molecular formula is C26H28N8O3S. The number of hydrogen-bond acceptors (Lipinski definition) is 10. The van der Waals surface area contributed by atoms with Crippen LogP contribution in [0.3, 0.4) is 0 Å². The van der Waals surface area contributed by atoms with E-state index in [2.05, 4.69) is 44.0 Å². The van der Waals surface area contributed by atoms with Gasteiger partial charge in [-0.2, -0.15) is 0 Å². The summed E-state index contributed by atoms with van der Waals surface area (Å²) in [5.41, 5.74) is 2.80. The second-order valence-electron chi connectivity index (χ2n) is 9.41. The second kappa shape index (κ2) is 10.1. The molecule has 0 aromatic carbocycles. The van der Waals surface area contributed by atoms with Crippen molar-refractivity contribution in [2.75, 3.05) is 37.0 Å². The number of hydrogen-bond donors (Lipinski definition) is 3. The Morgan fingerprint density at radius 1 is 1.16 bits per heavy atom. The van der Waals surface area contributed by atoms with Crippen LogP contribution in [0.15, 0.2) is 46.8 Å². The fraction of sp³-hybridized carbons (Fsp3) is 0.346. The van der Waals surface area contributed by atoms with Crippen molar-refractivity contribution in [1.29, 1.82) is 0 Å². The number of thiophene rings is 1. The Morgan fingerprint density at radius 2 is 1.95 bits per heavy atom. The van der Waals surface area contributed by atoms with Gasteiger partial charge in [0.15, 0.2) is 11.5 Å². The lowest BCUT2D eigenvalue weighted by Gasteiger charge is -2.36. The Bertz CT molecular complexity index is 1620. The molecule has 1 aliphatic heterocycles. The topological polar surface area (TPSA) is 134 Å². The van der Waals surface area contributed by atoms with Crippen LogP contribution in [0.1, 0.15) is 25.7 Å². The molecule has 1 aliphatic rings. The van der Waals surface area contributed by atoms with E-state index in [1.54, 1.807) is 25.6 Å². The van der Waals surface area contributed by atoms with Crippen LogP contribution < -0.4 is 15.8 Å². The summed E-state index contributed by atoms with van der Waals surface area (Å²) in [7, 11) is 1.62. The molecule has 3 N–H and O–H groups in total. The maximum Gasteiger partial charge on any atom is 0.261 e. The average molecular weight is 533 g/mol. The van der Waals surface area contributed by atoms with E-state index in [-0.39, 0.29) is 23.8 Å². The summed E-state index contributed by atoms with van der Waals surface area (Å²) in [6, 6.07) is 7.16. The SMILES string of the molecule is COC[C@H](Nc1c(-c2nc3ccc(N4CC(C)OC(C)C4)nc3[nH]2)c(=O)[nH]c2ccsc12)c1ncccn1. The van der Waals surface area contributed by atoms with Crippen molar-refractivity contribution < 1.29 is 9.47 Å². The van der Waals surface area contributed by atoms with Gasteiger partial charge < -0.3 is 29.7 Å². The van der Waals surface area contributed by atoms with Gasteiger partial charge in [-0.3, -0.25) is 4.79 Å². The van der Waals surface area contributed by atoms with Crippen molar-refractivity contribution in [2.45, 2.75) is 32.1 Å². The van der Waals surface area contributed by atoms with Crippen molar-refractivity contribution in [3.8, 4) is 11.4 Å². The maximum absolute atomic E-state index is 13.4. The highest BCUT2D eigenvalue weighted by molar-refractivity contribution is 7.17. The Morgan fingerprint density at radius 3 is 2.71 bits per heavy atom. The summed E-state index contributed by atoms with van der Waals surface area (Å²) in [5, 5.41) is 5.43. The number of morpholine rings is 1. The van der Waals surface area contributed by atoms with Crippen molar-refractivity contribution >= 4 is 44.2 Å². The lowest BCUT2D eigenvalue weighted by Crippen LogP contribution is -2.45. The lowest BCUT2D eigenvalue weighted by atomic mass is 10.1. The third-order valence-electron chi connectivity index (χ3n) is 6.48. The zero-order chi connectivity index (χ0) is 26.2. The Kier molecular flexibility index (Phi) is 6.52. The summed E-state index contributed by atoms with van der Waals surface area (Å²) in [6.45, 7) is 5.96. The van der Waals surface area contributed by atoms with E-state index in [4.69, 9.17) is 19.4 Å². The van der Waals surface area contributed by atoms with Gasteiger partial charge in [-0.25, -0.2) is 19.9 Å². The number of nitrogens with zero attached hydrogens (tertiary/aromatic N) is 5. The number of aromatic amines is 2. The van der Waals surface area contributed by atoms with Crippen molar-refractivity contribution in [3.63, 3.8) is 0 Å². The second-order valence-corrected chi connectivity index (χ2v) is 10.3. The van der Waals surface area contributed by atoms with E-state index < -0.39 is 0 Å². The summed E-state index contributed by atoms with van der Waals surface area (Å²) in [5.74, 6) is 1.84. The minimum atomic E-state index is -0.383. The molecule has 5 aromatic heterocycles. The van der Waals surface area contributed by atoms with Gasteiger partial charge in [-0.15, -0.1) is 11.3 Å². The van der Waals surface area contributed by atoms with Crippen LogP contribution in [0.2, 0.25) is 0 Å². The van der Waals surface area contributed by atoms with E-state index in [9.17, 15) is 4.79 Å². The van der Waals surface area contributed by atoms with E-state index in [0.29, 0.717) is 40.7 Å². The highest BCUT2D eigenvalue weighted by Gasteiger charge is 2.25. The predicted molar refractivity (Wildman–Crippen MR) is 148 cm³/mol. The first kappa shape index (κ1) is 24.5. The summed E-state index contributed by atoms with van der Waals surface area (Å²) >= 11 is 1.53. The molecule has 6 heterocycles.